The van der Waals surface area contributed by atoms with Crippen molar-refractivity contribution in [2.24, 2.45) is 0 Å². The van der Waals surface area contributed by atoms with Crippen molar-refractivity contribution in [1.82, 2.24) is 10.1 Å². The fourth-order valence-electron chi connectivity index (χ4n) is 1.90. The maximum atomic E-state index is 5.56. The van der Waals surface area contributed by atoms with Crippen LogP contribution in [-0.2, 0) is 17.9 Å². The molecule has 3 rings (SSSR count). The molecule has 0 radical (unpaired) electrons. The standard InChI is InChI=1S/C15H15N3O3/c1-19-10-13-8-7-12(20-13)9-16-15-17-14(18-21-15)11-5-3-2-4-6-11/h2-8H,9-10H2,1H3,(H,16,17,18). The highest BCUT2D eigenvalue weighted by atomic mass is 16.5. The van der Waals surface area contributed by atoms with E-state index in [2.05, 4.69) is 15.5 Å². The van der Waals surface area contributed by atoms with Gasteiger partial charge in [0.15, 0.2) is 0 Å². The van der Waals surface area contributed by atoms with Crippen molar-refractivity contribution in [1.29, 1.82) is 0 Å². The van der Waals surface area contributed by atoms with E-state index in [9.17, 15) is 0 Å². The highest BCUT2D eigenvalue weighted by molar-refractivity contribution is 5.54. The van der Waals surface area contributed by atoms with Crippen LogP contribution in [-0.4, -0.2) is 17.3 Å². The topological polar surface area (TPSA) is 73.3 Å². The van der Waals surface area contributed by atoms with Crippen LogP contribution >= 0.6 is 0 Å². The first kappa shape index (κ1) is 13.4. The Balaban J connectivity index is 1.62. The molecule has 0 aliphatic heterocycles. The van der Waals surface area contributed by atoms with Crippen molar-refractivity contribution in [2.75, 3.05) is 12.4 Å². The molecule has 0 atom stereocenters. The summed E-state index contributed by atoms with van der Waals surface area (Å²) in [6.45, 7) is 0.929. The molecule has 1 N–H and O–H groups in total. The third kappa shape index (κ3) is 3.29. The van der Waals surface area contributed by atoms with Crippen LogP contribution in [0.15, 0.2) is 51.4 Å². The molecule has 0 unspecified atom stereocenters. The van der Waals surface area contributed by atoms with Gasteiger partial charge in [0.1, 0.15) is 18.1 Å². The summed E-state index contributed by atoms with van der Waals surface area (Å²) in [5.74, 6) is 2.11. The lowest BCUT2D eigenvalue weighted by Gasteiger charge is -1.97. The van der Waals surface area contributed by atoms with E-state index < -0.39 is 0 Å². The number of rotatable bonds is 6. The number of nitrogens with one attached hydrogen (secondary N) is 1. The molecule has 0 amide bonds. The zero-order chi connectivity index (χ0) is 14.5. The zero-order valence-electron chi connectivity index (χ0n) is 11.6. The number of aromatic nitrogens is 2. The fourth-order valence-corrected chi connectivity index (χ4v) is 1.90. The molecular formula is C15H15N3O3. The summed E-state index contributed by atoms with van der Waals surface area (Å²) >= 11 is 0. The van der Waals surface area contributed by atoms with Crippen molar-refractivity contribution in [3.8, 4) is 11.4 Å². The molecule has 6 nitrogen and oxygen atoms in total. The normalized spacial score (nSPS) is 10.7. The van der Waals surface area contributed by atoms with Gasteiger partial charge in [-0.3, -0.25) is 0 Å². The van der Waals surface area contributed by atoms with Gasteiger partial charge in [0.2, 0.25) is 5.82 Å². The molecule has 0 bridgehead atoms. The third-order valence-electron chi connectivity index (χ3n) is 2.88. The quantitative estimate of drug-likeness (QED) is 0.750. The van der Waals surface area contributed by atoms with Crippen LogP contribution in [0.25, 0.3) is 11.4 Å². The average molecular weight is 285 g/mol. The maximum Gasteiger partial charge on any atom is 0.322 e. The maximum absolute atomic E-state index is 5.56. The minimum Gasteiger partial charge on any atom is -0.462 e. The van der Waals surface area contributed by atoms with Gasteiger partial charge in [-0.15, -0.1) is 0 Å². The lowest BCUT2D eigenvalue weighted by atomic mass is 10.2. The number of nitrogens with zero attached hydrogens (tertiary/aromatic N) is 2. The molecular weight excluding hydrogens is 270 g/mol. The summed E-state index contributed by atoms with van der Waals surface area (Å²) in [4.78, 5) is 4.28. The van der Waals surface area contributed by atoms with Gasteiger partial charge >= 0.3 is 6.01 Å². The van der Waals surface area contributed by atoms with Gasteiger partial charge < -0.3 is 19.0 Å². The average Bonchev–Trinajstić information content (AvgIpc) is 3.16. The van der Waals surface area contributed by atoms with Gasteiger partial charge in [-0.05, 0) is 12.1 Å². The number of anilines is 1. The minimum atomic E-state index is 0.360. The molecule has 0 saturated heterocycles. The largest absolute Gasteiger partial charge is 0.462 e. The molecule has 1 aromatic carbocycles. The number of furan rings is 1. The summed E-state index contributed by atoms with van der Waals surface area (Å²) in [7, 11) is 1.63. The summed E-state index contributed by atoms with van der Waals surface area (Å²) in [5.41, 5.74) is 0.912. The second kappa shape index (κ2) is 6.23. The minimum absolute atomic E-state index is 0.360. The third-order valence-corrected chi connectivity index (χ3v) is 2.88. The van der Waals surface area contributed by atoms with Crippen LogP contribution in [0.3, 0.4) is 0 Å². The van der Waals surface area contributed by atoms with Crippen molar-refractivity contribution in [3.63, 3.8) is 0 Å². The van der Waals surface area contributed by atoms with Gasteiger partial charge in [0.05, 0.1) is 6.54 Å². The van der Waals surface area contributed by atoms with Crippen molar-refractivity contribution in [2.45, 2.75) is 13.2 Å². The van der Waals surface area contributed by atoms with Crippen LogP contribution in [0, 0.1) is 0 Å². The fraction of sp³-hybridized carbons (Fsp3) is 0.200. The van der Waals surface area contributed by atoms with Crippen molar-refractivity contribution in [3.05, 3.63) is 54.0 Å². The van der Waals surface area contributed by atoms with E-state index >= 15 is 0 Å². The first-order chi connectivity index (χ1) is 10.3. The van der Waals surface area contributed by atoms with Crippen LogP contribution in [0.2, 0.25) is 0 Å². The predicted molar refractivity (Wildman–Crippen MR) is 76.5 cm³/mol. The summed E-state index contributed by atoms with van der Waals surface area (Å²) in [6.07, 6.45) is 0. The second-order valence-electron chi connectivity index (χ2n) is 4.44. The Morgan fingerprint density at radius 1 is 1.10 bits per heavy atom. The van der Waals surface area contributed by atoms with E-state index in [0.717, 1.165) is 17.1 Å². The summed E-state index contributed by atoms with van der Waals surface area (Å²) in [6, 6.07) is 13.8. The van der Waals surface area contributed by atoms with E-state index in [1.54, 1.807) is 7.11 Å². The Morgan fingerprint density at radius 2 is 1.90 bits per heavy atom. The first-order valence-corrected chi connectivity index (χ1v) is 6.54. The van der Waals surface area contributed by atoms with Crippen LogP contribution in [0.4, 0.5) is 6.01 Å². The molecule has 0 aliphatic carbocycles. The monoisotopic (exact) mass is 285 g/mol. The Morgan fingerprint density at radius 3 is 2.71 bits per heavy atom. The molecule has 6 heteroatoms. The van der Waals surface area contributed by atoms with Crippen LogP contribution in [0.5, 0.6) is 0 Å². The number of methoxy groups -OCH3 is 1. The van der Waals surface area contributed by atoms with E-state index in [1.807, 2.05) is 42.5 Å². The van der Waals surface area contributed by atoms with Crippen LogP contribution < -0.4 is 5.32 Å². The lowest BCUT2D eigenvalue weighted by Crippen LogP contribution is -1.98. The Bertz CT molecular complexity index is 691. The molecule has 2 heterocycles. The van der Waals surface area contributed by atoms with E-state index in [4.69, 9.17) is 13.7 Å². The predicted octanol–water partition coefficient (Wildman–Crippen LogP) is 3.09. The molecule has 0 fully saturated rings. The number of benzene rings is 1. The Hall–Kier alpha value is -2.60. The number of ether oxygens (including phenoxy) is 1. The van der Waals surface area contributed by atoms with Gasteiger partial charge in [-0.1, -0.05) is 35.5 Å². The molecule has 21 heavy (non-hydrogen) atoms. The van der Waals surface area contributed by atoms with Gasteiger partial charge in [-0.25, -0.2) is 0 Å². The van der Waals surface area contributed by atoms with Gasteiger partial charge in [0.25, 0.3) is 0 Å². The van der Waals surface area contributed by atoms with E-state index in [0.29, 0.717) is 25.0 Å². The highest BCUT2D eigenvalue weighted by Gasteiger charge is 2.08. The number of hydrogen-bond acceptors (Lipinski definition) is 6. The van der Waals surface area contributed by atoms with E-state index in [1.165, 1.54) is 0 Å². The van der Waals surface area contributed by atoms with Crippen molar-refractivity contribution < 1.29 is 13.7 Å². The molecule has 108 valence electrons. The molecule has 0 saturated carbocycles. The number of hydrogen-bond donors (Lipinski definition) is 1. The van der Waals surface area contributed by atoms with Gasteiger partial charge in [0, 0.05) is 12.7 Å². The smallest absolute Gasteiger partial charge is 0.322 e. The summed E-state index contributed by atoms with van der Waals surface area (Å²) in [5, 5.41) is 6.97. The van der Waals surface area contributed by atoms with Gasteiger partial charge in [-0.2, -0.15) is 4.98 Å². The first-order valence-electron chi connectivity index (χ1n) is 6.54. The molecule has 2 aromatic heterocycles. The second-order valence-corrected chi connectivity index (χ2v) is 4.44. The highest BCUT2D eigenvalue weighted by Crippen LogP contribution is 2.17. The Labute approximate surface area is 121 Å². The molecule has 3 aromatic rings. The Kier molecular flexibility index (Phi) is 3.97. The molecule has 0 aliphatic rings. The van der Waals surface area contributed by atoms with E-state index in [-0.39, 0.29) is 0 Å². The SMILES string of the molecule is COCc1ccc(CNc2nc(-c3ccccc3)no2)o1. The zero-order valence-corrected chi connectivity index (χ0v) is 11.6. The summed E-state index contributed by atoms with van der Waals surface area (Å²) < 4.78 is 15.7. The lowest BCUT2D eigenvalue weighted by molar-refractivity contribution is 0.163. The van der Waals surface area contributed by atoms with Crippen LogP contribution in [0.1, 0.15) is 11.5 Å². The van der Waals surface area contributed by atoms with Crippen molar-refractivity contribution >= 4 is 6.01 Å². The molecule has 0 spiro atoms.